The monoisotopic (exact) mass is 473 g/mol. The molecular formula is C20H32BrN3O5. The van der Waals surface area contributed by atoms with Crippen molar-refractivity contribution in [2.24, 2.45) is 11.8 Å². The van der Waals surface area contributed by atoms with E-state index in [0.717, 1.165) is 19.3 Å². The summed E-state index contributed by atoms with van der Waals surface area (Å²) < 4.78 is 6.32. The van der Waals surface area contributed by atoms with Crippen LogP contribution in [0.25, 0.3) is 0 Å². The van der Waals surface area contributed by atoms with E-state index in [9.17, 15) is 19.5 Å². The molecule has 1 spiro atoms. The van der Waals surface area contributed by atoms with Crippen LogP contribution in [0.5, 0.6) is 0 Å². The number of aliphatic hydroxyl groups excluding tert-OH is 1. The largest absolute Gasteiger partial charge is 0.395 e. The minimum absolute atomic E-state index is 0.0314. The fraction of sp³-hybridized carbons (Fsp3) is 0.850. The summed E-state index contributed by atoms with van der Waals surface area (Å²) in [7, 11) is 0. The zero-order valence-electron chi connectivity index (χ0n) is 17.3. The van der Waals surface area contributed by atoms with Gasteiger partial charge in [-0.05, 0) is 26.2 Å². The van der Waals surface area contributed by atoms with Crippen LogP contribution < -0.4 is 10.6 Å². The van der Waals surface area contributed by atoms with Crippen molar-refractivity contribution in [3.8, 4) is 0 Å². The number of alkyl halides is 1. The number of β-amino-alcohol motifs (C(OH)–C–C–N with tert-alkyl or cyclic N) is 1. The van der Waals surface area contributed by atoms with E-state index in [1.807, 2.05) is 20.8 Å². The number of rotatable bonds is 9. The predicted molar refractivity (Wildman–Crippen MR) is 110 cm³/mol. The van der Waals surface area contributed by atoms with Crippen LogP contribution in [0.3, 0.4) is 0 Å². The number of hydrogen-bond acceptors (Lipinski definition) is 5. The molecular weight excluding hydrogens is 442 g/mol. The van der Waals surface area contributed by atoms with Gasteiger partial charge >= 0.3 is 0 Å². The number of hydrogen-bond donors (Lipinski definition) is 3. The molecule has 3 fully saturated rings. The van der Waals surface area contributed by atoms with E-state index in [2.05, 4.69) is 26.6 Å². The van der Waals surface area contributed by atoms with Crippen molar-refractivity contribution < 1.29 is 24.2 Å². The number of nitrogens with zero attached hydrogens (tertiary/aromatic N) is 1. The van der Waals surface area contributed by atoms with Gasteiger partial charge in [0.05, 0.1) is 24.5 Å². The predicted octanol–water partition coefficient (Wildman–Crippen LogP) is 0.558. The number of nitrogens with one attached hydrogen (secondary N) is 2. The van der Waals surface area contributed by atoms with E-state index >= 15 is 0 Å². The van der Waals surface area contributed by atoms with Crippen LogP contribution in [0.1, 0.15) is 46.5 Å². The molecule has 29 heavy (non-hydrogen) atoms. The summed E-state index contributed by atoms with van der Waals surface area (Å²) in [5.41, 5.74) is -1.05. The third kappa shape index (κ3) is 3.70. The first kappa shape index (κ1) is 22.5. The van der Waals surface area contributed by atoms with Gasteiger partial charge in [-0.2, -0.15) is 0 Å². The Balaban J connectivity index is 1.94. The minimum Gasteiger partial charge on any atom is -0.395 e. The Morgan fingerprint density at radius 3 is 2.69 bits per heavy atom. The maximum Gasteiger partial charge on any atom is 0.246 e. The second-order valence-corrected chi connectivity index (χ2v) is 9.58. The first-order chi connectivity index (χ1) is 13.8. The van der Waals surface area contributed by atoms with Crippen LogP contribution in [-0.4, -0.2) is 76.0 Å². The molecule has 3 amide bonds. The van der Waals surface area contributed by atoms with Crippen molar-refractivity contribution in [1.29, 1.82) is 0 Å². The Kier molecular flexibility index (Phi) is 6.90. The average molecular weight is 474 g/mol. The van der Waals surface area contributed by atoms with E-state index in [-0.39, 0.29) is 41.7 Å². The van der Waals surface area contributed by atoms with E-state index < -0.39 is 29.6 Å². The van der Waals surface area contributed by atoms with Crippen molar-refractivity contribution in [3.63, 3.8) is 0 Å². The summed E-state index contributed by atoms with van der Waals surface area (Å²) in [6.07, 6.45) is 2.59. The van der Waals surface area contributed by atoms with Crippen LogP contribution in [0.4, 0.5) is 0 Å². The third-order valence-corrected chi connectivity index (χ3v) is 7.19. The van der Waals surface area contributed by atoms with Crippen molar-refractivity contribution in [2.75, 3.05) is 19.7 Å². The molecule has 9 heteroatoms. The molecule has 2 bridgehead atoms. The lowest BCUT2D eigenvalue weighted by Crippen LogP contribution is -2.57. The molecule has 164 valence electrons. The number of amides is 3. The highest BCUT2D eigenvalue weighted by Gasteiger charge is 2.76. The van der Waals surface area contributed by atoms with Gasteiger partial charge in [-0.25, -0.2) is 0 Å². The first-order valence-electron chi connectivity index (χ1n) is 10.6. The zero-order chi connectivity index (χ0) is 21.3. The first-order valence-corrected chi connectivity index (χ1v) is 11.5. The molecule has 3 saturated heterocycles. The van der Waals surface area contributed by atoms with Gasteiger partial charge < -0.3 is 25.4 Å². The number of carbonyl (C=O) groups is 3. The fourth-order valence-electron chi connectivity index (χ4n) is 5.27. The summed E-state index contributed by atoms with van der Waals surface area (Å²) in [5, 5.41) is 15.4. The molecule has 0 aromatic rings. The summed E-state index contributed by atoms with van der Waals surface area (Å²) in [6, 6.07) is -0.878. The second kappa shape index (κ2) is 8.89. The smallest absolute Gasteiger partial charge is 0.246 e. The van der Waals surface area contributed by atoms with E-state index in [4.69, 9.17) is 4.74 Å². The van der Waals surface area contributed by atoms with Crippen LogP contribution >= 0.6 is 15.9 Å². The van der Waals surface area contributed by atoms with Gasteiger partial charge in [-0.15, -0.1) is 0 Å². The summed E-state index contributed by atoms with van der Waals surface area (Å²) in [6.45, 7) is 6.27. The molecule has 0 aliphatic carbocycles. The van der Waals surface area contributed by atoms with Crippen LogP contribution in [-0.2, 0) is 19.1 Å². The molecule has 4 unspecified atom stereocenters. The maximum absolute atomic E-state index is 13.3. The Morgan fingerprint density at radius 2 is 2.07 bits per heavy atom. The molecule has 0 aromatic heterocycles. The number of ether oxygens (including phenoxy) is 1. The molecule has 3 N–H and O–H groups in total. The SMILES string of the molecule is CCCNC(=O)[C@H]1[C@@H]2OC3(CC2Br)C(C(=O)NC(C)CCC)N(CCO)C(=O)[C@H]13. The Morgan fingerprint density at radius 1 is 1.34 bits per heavy atom. The summed E-state index contributed by atoms with van der Waals surface area (Å²) in [5.74, 6) is -2.10. The molecule has 7 atom stereocenters. The highest BCUT2D eigenvalue weighted by molar-refractivity contribution is 9.09. The minimum atomic E-state index is -1.05. The standard InChI is InChI=1S/C20H32BrN3O5/c1-4-6-11(3)23-18(27)16-20-10-12(21)15(29-20)13(17(26)22-7-5-2)14(20)19(28)24(16)8-9-25/h11-16,25H,4-10H2,1-3H3,(H,22,26)(H,23,27)/t11?,12?,13-,14+,15-,16?,20?/m1/s1. The van der Waals surface area contributed by atoms with Crippen molar-refractivity contribution >= 4 is 33.7 Å². The molecule has 3 heterocycles. The summed E-state index contributed by atoms with van der Waals surface area (Å²) >= 11 is 3.62. The molecule has 8 nitrogen and oxygen atoms in total. The Hall–Kier alpha value is -1.19. The Labute approximate surface area is 180 Å². The van der Waals surface area contributed by atoms with Crippen molar-refractivity contribution in [3.05, 3.63) is 0 Å². The number of halogens is 1. The molecule has 0 aromatic carbocycles. The second-order valence-electron chi connectivity index (χ2n) is 8.41. The normalized spacial score (nSPS) is 36.2. The lowest BCUT2D eigenvalue weighted by atomic mass is 9.70. The molecule has 3 rings (SSSR count). The average Bonchev–Trinajstić information content (AvgIpc) is 3.24. The lowest BCUT2D eigenvalue weighted by Gasteiger charge is -2.34. The fourth-order valence-corrected chi connectivity index (χ4v) is 6.21. The molecule has 3 aliphatic rings. The lowest BCUT2D eigenvalue weighted by molar-refractivity contribution is -0.142. The van der Waals surface area contributed by atoms with Gasteiger partial charge in [0.25, 0.3) is 0 Å². The zero-order valence-corrected chi connectivity index (χ0v) is 18.9. The van der Waals surface area contributed by atoms with Crippen LogP contribution in [0.2, 0.25) is 0 Å². The topological polar surface area (TPSA) is 108 Å². The van der Waals surface area contributed by atoms with Crippen molar-refractivity contribution in [2.45, 2.75) is 75.1 Å². The number of carbonyl (C=O) groups excluding carboxylic acids is 3. The van der Waals surface area contributed by atoms with E-state index in [1.54, 1.807) is 0 Å². The highest BCUT2D eigenvalue weighted by atomic mass is 79.9. The molecule has 0 radical (unpaired) electrons. The van der Waals surface area contributed by atoms with Crippen LogP contribution in [0, 0.1) is 11.8 Å². The number of aliphatic hydroxyl groups is 1. The van der Waals surface area contributed by atoms with Gasteiger partial charge in [0.15, 0.2) is 0 Å². The van der Waals surface area contributed by atoms with E-state index in [1.165, 1.54) is 4.90 Å². The third-order valence-electron chi connectivity index (χ3n) is 6.34. The van der Waals surface area contributed by atoms with Crippen LogP contribution in [0.15, 0.2) is 0 Å². The van der Waals surface area contributed by atoms with Gasteiger partial charge in [-0.3, -0.25) is 14.4 Å². The molecule has 3 aliphatic heterocycles. The quantitative estimate of drug-likeness (QED) is 0.424. The maximum atomic E-state index is 13.3. The van der Waals surface area contributed by atoms with Gasteiger partial charge in [0, 0.05) is 24.0 Å². The van der Waals surface area contributed by atoms with Crippen molar-refractivity contribution in [1.82, 2.24) is 15.5 Å². The van der Waals surface area contributed by atoms with Gasteiger partial charge in [0.2, 0.25) is 17.7 Å². The number of likely N-dealkylation sites (tertiary alicyclic amines) is 1. The van der Waals surface area contributed by atoms with Gasteiger partial charge in [-0.1, -0.05) is 36.2 Å². The highest BCUT2D eigenvalue weighted by Crippen LogP contribution is 2.59. The Bertz CT molecular complexity index is 662. The molecule has 0 saturated carbocycles. The van der Waals surface area contributed by atoms with E-state index in [0.29, 0.717) is 13.0 Å². The summed E-state index contributed by atoms with van der Waals surface area (Å²) in [4.78, 5) is 40.8. The number of fused-ring (bicyclic) bond motifs is 1. The van der Waals surface area contributed by atoms with Gasteiger partial charge in [0.1, 0.15) is 11.6 Å².